The third-order valence-corrected chi connectivity index (χ3v) is 3.80. The third-order valence-electron chi connectivity index (χ3n) is 2.93. The quantitative estimate of drug-likeness (QED) is 0.739. The van der Waals surface area contributed by atoms with Gasteiger partial charge in [-0.05, 0) is 29.8 Å². The Balaban J connectivity index is 1.76. The summed E-state index contributed by atoms with van der Waals surface area (Å²) < 4.78 is 19.3. The fourth-order valence-corrected chi connectivity index (χ4v) is 2.67. The fourth-order valence-electron chi connectivity index (χ4n) is 1.85. The first kappa shape index (κ1) is 13.6. The molecule has 0 amide bonds. The van der Waals surface area contributed by atoms with Crippen molar-refractivity contribution < 1.29 is 18.7 Å². The topological polar surface area (TPSA) is 63.3 Å². The van der Waals surface area contributed by atoms with Gasteiger partial charge in [-0.25, -0.2) is 14.2 Å². The maximum Gasteiger partial charge on any atom is 0.335 e. The molecule has 0 unspecified atom stereocenters. The van der Waals surface area contributed by atoms with Crippen LogP contribution in [0.15, 0.2) is 52.1 Å². The van der Waals surface area contributed by atoms with Crippen molar-refractivity contribution in [1.29, 1.82) is 0 Å². The zero-order valence-electron chi connectivity index (χ0n) is 10.7. The number of rotatable bonds is 4. The molecule has 0 saturated heterocycles. The first-order valence-corrected chi connectivity index (χ1v) is 7.12. The Morgan fingerprint density at radius 2 is 2.10 bits per heavy atom. The predicted octanol–water partition coefficient (Wildman–Crippen LogP) is 3.96. The molecule has 0 atom stereocenters. The smallest absolute Gasteiger partial charge is 0.335 e. The third kappa shape index (κ3) is 2.90. The number of para-hydroxylation sites is 2. The van der Waals surface area contributed by atoms with Crippen molar-refractivity contribution in [3.8, 4) is 0 Å². The molecule has 3 aromatic rings. The van der Waals surface area contributed by atoms with Gasteiger partial charge in [0.25, 0.3) is 5.22 Å². The summed E-state index contributed by atoms with van der Waals surface area (Å²) in [6.07, 6.45) is 0. The molecular formula is C15H10FNO3S. The molecule has 106 valence electrons. The van der Waals surface area contributed by atoms with Crippen LogP contribution in [0.5, 0.6) is 0 Å². The van der Waals surface area contributed by atoms with Gasteiger partial charge < -0.3 is 9.52 Å². The monoisotopic (exact) mass is 303 g/mol. The predicted molar refractivity (Wildman–Crippen MR) is 76.9 cm³/mol. The molecule has 4 nitrogen and oxygen atoms in total. The summed E-state index contributed by atoms with van der Waals surface area (Å²) in [4.78, 5) is 15.0. The highest BCUT2D eigenvalue weighted by molar-refractivity contribution is 7.98. The minimum absolute atomic E-state index is 0.0666. The second-order valence-electron chi connectivity index (χ2n) is 4.35. The van der Waals surface area contributed by atoms with E-state index in [4.69, 9.17) is 9.52 Å². The molecule has 6 heteroatoms. The minimum atomic E-state index is -1.15. The van der Waals surface area contributed by atoms with E-state index in [2.05, 4.69) is 4.98 Å². The second kappa shape index (κ2) is 5.57. The number of fused-ring (bicyclic) bond motifs is 1. The molecule has 0 spiro atoms. The van der Waals surface area contributed by atoms with Crippen molar-refractivity contribution in [2.75, 3.05) is 0 Å². The molecule has 0 fully saturated rings. The van der Waals surface area contributed by atoms with Crippen LogP contribution in [-0.2, 0) is 5.75 Å². The molecule has 0 aliphatic carbocycles. The van der Waals surface area contributed by atoms with Crippen LogP contribution in [0.3, 0.4) is 0 Å². The number of hydrogen-bond donors (Lipinski definition) is 1. The molecule has 3 rings (SSSR count). The summed E-state index contributed by atoms with van der Waals surface area (Å²) in [7, 11) is 0. The number of carboxylic acids is 1. The number of oxazole rings is 1. The van der Waals surface area contributed by atoms with E-state index in [-0.39, 0.29) is 5.56 Å². The van der Waals surface area contributed by atoms with E-state index < -0.39 is 11.8 Å². The van der Waals surface area contributed by atoms with Crippen LogP contribution < -0.4 is 0 Å². The molecule has 0 aliphatic rings. The normalized spacial score (nSPS) is 10.9. The summed E-state index contributed by atoms with van der Waals surface area (Å²) in [5.41, 5.74) is 1.78. The van der Waals surface area contributed by atoms with Gasteiger partial charge >= 0.3 is 5.97 Å². The first-order valence-electron chi connectivity index (χ1n) is 6.13. The van der Waals surface area contributed by atoms with E-state index in [0.29, 0.717) is 22.1 Å². The van der Waals surface area contributed by atoms with Gasteiger partial charge in [-0.1, -0.05) is 30.0 Å². The first-order chi connectivity index (χ1) is 10.1. The average molecular weight is 303 g/mol. The zero-order chi connectivity index (χ0) is 14.8. The number of aromatic nitrogens is 1. The van der Waals surface area contributed by atoms with Gasteiger partial charge in [-0.3, -0.25) is 0 Å². The van der Waals surface area contributed by atoms with Gasteiger partial charge in [0.05, 0.1) is 5.56 Å². The van der Waals surface area contributed by atoms with Crippen LogP contribution in [0.1, 0.15) is 15.9 Å². The molecule has 0 saturated carbocycles. The SMILES string of the molecule is O=C(O)c1ccc(CSc2nc3ccccc3o2)c(F)c1. The Morgan fingerprint density at radius 3 is 2.81 bits per heavy atom. The van der Waals surface area contributed by atoms with E-state index >= 15 is 0 Å². The number of aromatic carboxylic acids is 1. The van der Waals surface area contributed by atoms with Gasteiger partial charge in [0, 0.05) is 5.75 Å². The molecule has 1 heterocycles. The van der Waals surface area contributed by atoms with Gasteiger partial charge in [-0.15, -0.1) is 0 Å². The van der Waals surface area contributed by atoms with Crippen LogP contribution in [0.2, 0.25) is 0 Å². The number of hydrogen-bond acceptors (Lipinski definition) is 4. The summed E-state index contributed by atoms with van der Waals surface area (Å²) in [5, 5.41) is 9.25. The van der Waals surface area contributed by atoms with E-state index in [1.54, 1.807) is 0 Å². The lowest BCUT2D eigenvalue weighted by atomic mass is 10.1. The maximum atomic E-state index is 13.8. The minimum Gasteiger partial charge on any atom is -0.478 e. The second-order valence-corrected chi connectivity index (χ2v) is 5.27. The highest BCUT2D eigenvalue weighted by Crippen LogP contribution is 2.27. The van der Waals surface area contributed by atoms with Crippen LogP contribution in [0.25, 0.3) is 11.1 Å². The molecular weight excluding hydrogens is 293 g/mol. The Morgan fingerprint density at radius 1 is 1.29 bits per heavy atom. The van der Waals surface area contributed by atoms with Crippen LogP contribution in [-0.4, -0.2) is 16.1 Å². The molecule has 0 bridgehead atoms. The number of carbonyl (C=O) groups is 1. The summed E-state index contributed by atoms with van der Waals surface area (Å²) in [6.45, 7) is 0. The van der Waals surface area contributed by atoms with Crippen molar-refractivity contribution in [2.24, 2.45) is 0 Å². The molecule has 21 heavy (non-hydrogen) atoms. The summed E-state index contributed by atoms with van der Waals surface area (Å²) >= 11 is 1.26. The molecule has 1 aromatic heterocycles. The van der Waals surface area contributed by atoms with Crippen LogP contribution in [0, 0.1) is 5.82 Å². The Bertz CT molecular complexity index is 783. The van der Waals surface area contributed by atoms with Crippen molar-refractivity contribution >= 4 is 28.8 Å². The Kier molecular flexibility index (Phi) is 3.62. The van der Waals surface area contributed by atoms with Crippen LogP contribution >= 0.6 is 11.8 Å². The highest BCUT2D eigenvalue weighted by Gasteiger charge is 2.11. The molecule has 2 aromatic carbocycles. The summed E-state index contributed by atoms with van der Waals surface area (Å²) in [6, 6.07) is 11.2. The van der Waals surface area contributed by atoms with Gasteiger partial charge in [0.15, 0.2) is 5.58 Å². The Hall–Kier alpha value is -2.34. The number of nitrogens with zero attached hydrogens (tertiary/aromatic N) is 1. The zero-order valence-corrected chi connectivity index (χ0v) is 11.6. The molecule has 0 radical (unpaired) electrons. The van der Waals surface area contributed by atoms with Gasteiger partial charge in [0.1, 0.15) is 11.3 Å². The van der Waals surface area contributed by atoms with Gasteiger partial charge in [-0.2, -0.15) is 0 Å². The van der Waals surface area contributed by atoms with E-state index in [9.17, 15) is 9.18 Å². The molecule has 0 aliphatic heterocycles. The lowest BCUT2D eigenvalue weighted by Gasteiger charge is -2.02. The standard InChI is InChI=1S/C15H10FNO3S/c16-11-7-9(14(18)19)5-6-10(11)8-21-15-17-12-3-1-2-4-13(12)20-15/h1-7H,8H2,(H,18,19). The maximum absolute atomic E-state index is 13.8. The molecule has 1 N–H and O–H groups in total. The number of thioether (sulfide) groups is 1. The highest BCUT2D eigenvalue weighted by atomic mass is 32.2. The average Bonchev–Trinajstić information content (AvgIpc) is 2.88. The number of benzene rings is 2. The van der Waals surface area contributed by atoms with Crippen molar-refractivity contribution in [2.45, 2.75) is 11.0 Å². The van der Waals surface area contributed by atoms with E-state index in [1.165, 1.54) is 23.9 Å². The number of carboxylic acid groups (broad SMARTS) is 1. The van der Waals surface area contributed by atoms with E-state index in [1.807, 2.05) is 24.3 Å². The lowest BCUT2D eigenvalue weighted by molar-refractivity contribution is 0.0696. The number of halogens is 1. The van der Waals surface area contributed by atoms with E-state index in [0.717, 1.165) is 11.6 Å². The van der Waals surface area contributed by atoms with Crippen molar-refractivity contribution in [3.63, 3.8) is 0 Å². The van der Waals surface area contributed by atoms with Crippen LogP contribution in [0.4, 0.5) is 4.39 Å². The van der Waals surface area contributed by atoms with Crippen molar-refractivity contribution in [1.82, 2.24) is 4.98 Å². The Labute approximate surface area is 123 Å². The largest absolute Gasteiger partial charge is 0.478 e. The summed E-state index contributed by atoms with van der Waals surface area (Å²) in [5.74, 6) is -1.37. The van der Waals surface area contributed by atoms with Crippen molar-refractivity contribution in [3.05, 3.63) is 59.4 Å². The fraction of sp³-hybridized carbons (Fsp3) is 0.0667. The van der Waals surface area contributed by atoms with Gasteiger partial charge in [0.2, 0.25) is 0 Å². The lowest BCUT2D eigenvalue weighted by Crippen LogP contribution is -1.98.